The molecule has 0 unspecified atom stereocenters. The van der Waals surface area contributed by atoms with Crippen LogP contribution in [0.5, 0.6) is 0 Å². The Kier molecular flexibility index (Phi) is 10.4. The average molecular weight is 310 g/mol. The Bertz CT molecular complexity index is 259. The Hall–Kier alpha value is -0.0831. The normalized spacial score (nSPS) is 19.4. The molecular weight excluding hydrogens is 270 g/mol. The first-order valence-electron chi connectivity index (χ1n) is 9.60. The van der Waals surface area contributed by atoms with Crippen LogP contribution in [0.4, 0.5) is 0 Å². The predicted octanol–water partition coefficient (Wildman–Crippen LogP) is 6.03. The first kappa shape index (κ1) is 19.0. The number of hydrogen-bond donors (Lipinski definition) is 0. The fourth-order valence-corrected chi connectivity index (χ4v) is 9.33. The minimum atomic E-state index is -1.12. The summed E-state index contributed by atoms with van der Waals surface area (Å²) in [5.74, 6) is 0. The first-order chi connectivity index (χ1) is 10.3. The lowest BCUT2D eigenvalue weighted by Gasteiger charge is -2.36. The zero-order chi connectivity index (χ0) is 15.4. The molecule has 0 aromatic heterocycles. The third-order valence-corrected chi connectivity index (χ3v) is 10.4. The fraction of sp³-hybridized carbons (Fsp3) is 0.895. The molecule has 0 aliphatic carbocycles. The Morgan fingerprint density at radius 3 is 1.86 bits per heavy atom. The monoisotopic (exact) mass is 309 g/mol. The number of nitrogens with zero attached hydrogens (tertiary/aromatic N) is 1. The summed E-state index contributed by atoms with van der Waals surface area (Å²) in [6.07, 6.45) is 17.7. The highest BCUT2D eigenvalue weighted by molar-refractivity contribution is 6.80. The molecule has 0 bridgehead atoms. The van der Waals surface area contributed by atoms with Gasteiger partial charge in [-0.1, -0.05) is 76.6 Å². The second-order valence-electron chi connectivity index (χ2n) is 7.17. The zero-order valence-corrected chi connectivity index (χ0v) is 16.0. The lowest BCUT2D eigenvalue weighted by molar-refractivity contribution is 0.304. The topological polar surface area (TPSA) is 3.24 Å². The van der Waals surface area contributed by atoms with Crippen LogP contribution in [-0.2, 0) is 0 Å². The van der Waals surface area contributed by atoms with Crippen molar-refractivity contribution >= 4 is 8.07 Å². The number of hydrogen-bond acceptors (Lipinski definition) is 1. The summed E-state index contributed by atoms with van der Waals surface area (Å²) in [6, 6.07) is 4.48. The molecule has 1 saturated heterocycles. The van der Waals surface area contributed by atoms with Gasteiger partial charge in [0.25, 0.3) is 0 Å². The van der Waals surface area contributed by atoms with E-state index < -0.39 is 8.07 Å². The molecule has 0 amide bonds. The van der Waals surface area contributed by atoms with E-state index in [9.17, 15) is 0 Å². The summed E-state index contributed by atoms with van der Waals surface area (Å²) in [4.78, 5) is 2.87. The van der Waals surface area contributed by atoms with Crippen LogP contribution in [-0.4, -0.2) is 32.2 Å². The van der Waals surface area contributed by atoms with Gasteiger partial charge >= 0.3 is 0 Å². The first-order valence-corrected chi connectivity index (χ1v) is 12.4. The summed E-state index contributed by atoms with van der Waals surface area (Å²) in [6.45, 7) is 9.73. The van der Waals surface area contributed by atoms with Gasteiger partial charge in [0.1, 0.15) is 0 Å². The van der Waals surface area contributed by atoms with E-state index in [0.717, 1.165) is 0 Å². The zero-order valence-electron chi connectivity index (χ0n) is 15.0. The molecule has 124 valence electrons. The van der Waals surface area contributed by atoms with Crippen LogP contribution in [0.3, 0.4) is 0 Å². The quantitative estimate of drug-likeness (QED) is 0.391. The summed E-state index contributed by atoms with van der Waals surface area (Å²) < 4.78 is 0. The van der Waals surface area contributed by atoms with Gasteiger partial charge in [0.15, 0.2) is 0 Å². The molecule has 0 saturated carbocycles. The van der Waals surface area contributed by atoms with E-state index >= 15 is 0 Å². The maximum Gasteiger partial charge on any atom is 0.0727 e. The molecule has 0 aromatic rings. The van der Waals surface area contributed by atoms with Gasteiger partial charge in [-0.3, -0.25) is 0 Å². The summed E-state index contributed by atoms with van der Waals surface area (Å²) in [7, 11) is -1.12. The van der Waals surface area contributed by atoms with E-state index in [-0.39, 0.29) is 0 Å². The van der Waals surface area contributed by atoms with Crippen molar-refractivity contribution in [3.8, 4) is 0 Å². The van der Waals surface area contributed by atoms with Crippen molar-refractivity contribution in [2.75, 3.05) is 19.3 Å². The van der Waals surface area contributed by atoms with Gasteiger partial charge in [-0.25, -0.2) is 0 Å². The SMILES string of the molecule is CC=CC[Si](CCC)(CCC)CN1CCCCCCCC1. The molecule has 2 heteroatoms. The van der Waals surface area contributed by atoms with Crippen LogP contribution in [0.1, 0.15) is 72.1 Å². The number of allylic oxidation sites excluding steroid dienone is 2. The molecule has 1 aliphatic rings. The largest absolute Gasteiger partial charge is 0.306 e. The van der Waals surface area contributed by atoms with Crippen LogP contribution in [0.15, 0.2) is 12.2 Å². The Labute approximate surface area is 135 Å². The van der Waals surface area contributed by atoms with Gasteiger partial charge in [0.05, 0.1) is 8.07 Å². The molecule has 1 heterocycles. The molecule has 1 rings (SSSR count). The molecule has 0 N–H and O–H groups in total. The highest BCUT2D eigenvalue weighted by atomic mass is 28.3. The maximum absolute atomic E-state index is 2.87. The lowest BCUT2D eigenvalue weighted by Crippen LogP contribution is -2.47. The second kappa shape index (κ2) is 11.5. The third-order valence-electron chi connectivity index (χ3n) is 5.10. The Balaban J connectivity index is 2.69. The highest BCUT2D eigenvalue weighted by Crippen LogP contribution is 2.27. The Morgan fingerprint density at radius 2 is 1.38 bits per heavy atom. The van der Waals surface area contributed by atoms with Gasteiger partial charge in [-0.05, 0) is 45.1 Å². The fourth-order valence-electron chi connectivity index (χ4n) is 4.10. The van der Waals surface area contributed by atoms with Crippen LogP contribution < -0.4 is 0 Å². The molecule has 0 radical (unpaired) electrons. The van der Waals surface area contributed by atoms with Crippen molar-refractivity contribution in [3.63, 3.8) is 0 Å². The van der Waals surface area contributed by atoms with Crippen molar-refractivity contribution < 1.29 is 0 Å². The smallest absolute Gasteiger partial charge is 0.0727 e. The minimum Gasteiger partial charge on any atom is -0.306 e. The van der Waals surface area contributed by atoms with Gasteiger partial charge in [-0.15, -0.1) is 0 Å². The number of rotatable bonds is 8. The highest BCUT2D eigenvalue weighted by Gasteiger charge is 2.31. The van der Waals surface area contributed by atoms with Crippen molar-refractivity contribution in [1.82, 2.24) is 4.90 Å². The van der Waals surface area contributed by atoms with E-state index in [0.29, 0.717) is 0 Å². The van der Waals surface area contributed by atoms with E-state index in [1.54, 1.807) is 0 Å². The van der Waals surface area contributed by atoms with Crippen molar-refractivity contribution in [1.29, 1.82) is 0 Å². The summed E-state index contributed by atoms with van der Waals surface area (Å²) >= 11 is 0. The maximum atomic E-state index is 2.87. The van der Waals surface area contributed by atoms with Crippen molar-refractivity contribution in [3.05, 3.63) is 12.2 Å². The summed E-state index contributed by atoms with van der Waals surface area (Å²) in [5.41, 5.74) is 0. The third kappa shape index (κ3) is 7.65. The summed E-state index contributed by atoms with van der Waals surface area (Å²) in [5, 5.41) is 0. The van der Waals surface area contributed by atoms with Crippen LogP contribution in [0, 0.1) is 0 Å². The molecule has 21 heavy (non-hydrogen) atoms. The van der Waals surface area contributed by atoms with Gasteiger partial charge in [0.2, 0.25) is 0 Å². The minimum absolute atomic E-state index is 1.12. The molecule has 0 spiro atoms. The lowest BCUT2D eigenvalue weighted by atomic mass is 10.1. The Morgan fingerprint density at radius 1 is 0.857 bits per heavy atom. The van der Waals surface area contributed by atoms with E-state index in [1.807, 2.05) is 0 Å². The van der Waals surface area contributed by atoms with Crippen molar-refractivity contribution in [2.45, 2.75) is 90.3 Å². The van der Waals surface area contributed by atoms with E-state index in [4.69, 9.17) is 0 Å². The van der Waals surface area contributed by atoms with E-state index in [1.165, 1.54) is 88.8 Å². The van der Waals surface area contributed by atoms with E-state index in [2.05, 4.69) is 37.8 Å². The second-order valence-corrected chi connectivity index (χ2v) is 11.9. The van der Waals surface area contributed by atoms with Gasteiger partial charge in [0, 0.05) is 0 Å². The molecular formula is C19H39NSi. The standard InChI is InChI=1S/C19H39NSi/c1-4-7-18-21(16-5-2,17-6-3)19-20-14-12-10-8-9-11-13-15-20/h4,7H,5-6,8-19H2,1-3H3. The molecule has 0 atom stereocenters. The molecule has 1 nitrogen and oxygen atoms in total. The van der Waals surface area contributed by atoms with Gasteiger partial charge < -0.3 is 4.90 Å². The predicted molar refractivity (Wildman–Crippen MR) is 99.7 cm³/mol. The molecule has 1 aliphatic heterocycles. The van der Waals surface area contributed by atoms with Crippen LogP contribution in [0.25, 0.3) is 0 Å². The van der Waals surface area contributed by atoms with Gasteiger partial charge in [-0.2, -0.15) is 0 Å². The van der Waals surface area contributed by atoms with Crippen molar-refractivity contribution in [2.24, 2.45) is 0 Å². The molecule has 0 aromatic carbocycles. The molecule has 1 fully saturated rings. The van der Waals surface area contributed by atoms with Crippen LogP contribution >= 0.6 is 0 Å². The van der Waals surface area contributed by atoms with Crippen LogP contribution in [0.2, 0.25) is 18.1 Å². The average Bonchev–Trinajstić information content (AvgIpc) is 2.60.